The number of hydrogen-bond acceptors (Lipinski definition) is 4. The Bertz CT molecular complexity index is 840. The zero-order valence-electron chi connectivity index (χ0n) is 14.6. The monoisotopic (exact) mass is 361 g/mol. The van der Waals surface area contributed by atoms with Crippen molar-refractivity contribution < 1.29 is 14.3 Å². The van der Waals surface area contributed by atoms with Crippen LogP contribution in [0.25, 0.3) is 6.08 Å². The predicted molar refractivity (Wildman–Crippen MR) is 97.5 cm³/mol. The highest BCUT2D eigenvalue weighted by Crippen LogP contribution is 2.19. The minimum absolute atomic E-state index is 0.375. The smallest absolute Gasteiger partial charge is 0.331 e. The number of nitrogens with zero attached hydrogens (tertiary/aromatic N) is 2. The number of hydrogen-bond donors (Lipinski definition) is 1. The zero-order chi connectivity index (χ0) is 18.6. The van der Waals surface area contributed by atoms with Crippen LogP contribution in [0.5, 0.6) is 0 Å². The number of esters is 1. The predicted octanol–water partition coefficient (Wildman–Crippen LogP) is 3.19. The van der Waals surface area contributed by atoms with Gasteiger partial charge in [0, 0.05) is 35.1 Å². The van der Waals surface area contributed by atoms with E-state index in [1.54, 1.807) is 29.0 Å². The minimum atomic E-state index is -0.597. The van der Waals surface area contributed by atoms with Gasteiger partial charge in [0.1, 0.15) is 0 Å². The maximum Gasteiger partial charge on any atom is 0.331 e. The average Bonchev–Trinajstić information content (AvgIpc) is 2.79. The number of nitrogens with one attached hydrogen (secondary N) is 1. The Morgan fingerprint density at radius 3 is 2.64 bits per heavy atom. The molecule has 0 atom stereocenters. The summed E-state index contributed by atoms with van der Waals surface area (Å²) >= 11 is 6.00. The SMILES string of the molecule is Cc1ccc(NC(=O)COC(=O)/C=C/c2c(C)nn(C)c2C)cc1Cl. The summed E-state index contributed by atoms with van der Waals surface area (Å²) in [5.74, 6) is -1.03. The molecule has 1 N–H and O–H groups in total. The maximum atomic E-state index is 11.8. The molecule has 0 aliphatic rings. The standard InChI is InChI=1S/C18H20ClN3O3/c1-11-5-6-14(9-16(11)19)20-17(23)10-25-18(24)8-7-15-12(2)21-22(4)13(15)3/h5-9H,10H2,1-4H3,(H,20,23)/b8-7+. The molecule has 1 heterocycles. The van der Waals surface area contributed by atoms with E-state index in [4.69, 9.17) is 16.3 Å². The summed E-state index contributed by atoms with van der Waals surface area (Å²) in [6.07, 6.45) is 2.92. The number of halogens is 1. The second-order valence-corrected chi connectivity index (χ2v) is 6.07. The Kier molecular flexibility index (Phi) is 5.98. The van der Waals surface area contributed by atoms with Gasteiger partial charge < -0.3 is 10.1 Å². The summed E-state index contributed by atoms with van der Waals surface area (Å²) in [6.45, 7) is 5.26. The van der Waals surface area contributed by atoms with E-state index in [1.165, 1.54) is 6.08 Å². The minimum Gasteiger partial charge on any atom is -0.452 e. The van der Waals surface area contributed by atoms with Gasteiger partial charge in [0.15, 0.2) is 6.61 Å². The van der Waals surface area contributed by atoms with Crippen molar-refractivity contribution in [1.82, 2.24) is 9.78 Å². The zero-order valence-corrected chi connectivity index (χ0v) is 15.3. The molecule has 2 rings (SSSR count). The van der Waals surface area contributed by atoms with Crippen LogP contribution in [0.1, 0.15) is 22.5 Å². The van der Waals surface area contributed by atoms with Crippen molar-refractivity contribution in [3.63, 3.8) is 0 Å². The van der Waals surface area contributed by atoms with Crippen LogP contribution in [0, 0.1) is 20.8 Å². The lowest BCUT2D eigenvalue weighted by molar-refractivity contribution is -0.142. The quantitative estimate of drug-likeness (QED) is 0.655. The molecule has 0 bridgehead atoms. The number of aryl methyl sites for hydroxylation is 3. The van der Waals surface area contributed by atoms with Gasteiger partial charge in [-0.2, -0.15) is 5.10 Å². The van der Waals surface area contributed by atoms with Crippen molar-refractivity contribution in [3.8, 4) is 0 Å². The number of ether oxygens (including phenoxy) is 1. The van der Waals surface area contributed by atoms with Crippen LogP contribution in [0.4, 0.5) is 5.69 Å². The second kappa shape index (κ2) is 7.98. The lowest BCUT2D eigenvalue weighted by Gasteiger charge is -2.07. The van der Waals surface area contributed by atoms with Crippen molar-refractivity contribution in [2.24, 2.45) is 7.05 Å². The number of anilines is 1. The van der Waals surface area contributed by atoms with E-state index in [9.17, 15) is 9.59 Å². The first kappa shape index (κ1) is 18.7. The van der Waals surface area contributed by atoms with E-state index in [-0.39, 0.29) is 6.61 Å². The van der Waals surface area contributed by atoms with Gasteiger partial charge in [0.25, 0.3) is 5.91 Å². The third kappa shape index (κ3) is 4.93. The first-order chi connectivity index (χ1) is 11.8. The van der Waals surface area contributed by atoms with Crippen molar-refractivity contribution in [3.05, 3.63) is 51.8 Å². The molecule has 2 aromatic rings. The van der Waals surface area contributed by atoms with Crippen LogP contribution < -0.4 is 5.32 Å². The highest BCUT2D eigenvalue weighted by Gasteiger charge is 2.09. The second-order valence-electron chi connectivity index (χ2n) is 5.66. The van der Waals surface area contributed by atoms with Gasteiger partial charge in [-0.1, -0.05) is 17.7 Å². The van der Waals surface area contributed by atoms with Crippen molar-refractivity contribution in [2.75, 3.05) is 11.9 Å². The fourth-order valence-electron chi connectivity index (χ4n) is 2.24. The van der Waals surface area contributed by atoms with E-state index in [1.807, 2.05) is 27.8 Å². The molecular formula is C18H20ClN3O3. The molecule has 0 fully saturated rings. The van der Waals surface area contributed by atoms with Crippen LogP contribution in [0.15, 0.2) is 24.3 Å². The Balaban J connectivity index is 1.87. The number of carbonyl (C=O) groups excluding carboxylic acids is 2. The molecule has 0 aliphatic heterocycles. The van der Waals surface area contributed by atoms with Crippen molar-refractivity contribution in [2.45, 2.75) is 20.8 Å². The van der Waals surface area contributed by atoms with E-state index >= 15 is 0 Å². The molecule has 1 aromatic heterocycles. The fourth-order valence-corrected chi connectivity index (χ4v) is 2.42. The summed E-state index contributed by atoms with van der Waals surface area (Å²) in [6, 6.07) is 5.17. The highest BCUT2D eigenvalue weighted by molar-refractivity contribution is 6.31. The van der Waals surface area contributed by atoms with Crippen LogP contribution in [0.3, 0.4) is 0 Å². The number of rotatable bonds is 5. The normalized spacial score (nSPS) is 10.9. The maximum absolute atomic E-state index is 11.8. The molecule has 0 aliphatic carbocycles. The van der Waals surface area contributed by atoms with Gasteiger partial charge in [-0.25, -0.2) is 4.79 Å². The van der Waals surface area contributed by atoms with Crippen molar-refractivity contribution >= 4 is 35.2 Å². The molecule has 0 radical (unpaired) electrons. The molecule has 6 nitrogen and oxygen atoms in total. The molecule has 1 amide bonds. The molecule has 25 heavy (non-hydrogen) atoms. The Morgan fingerprint density at radius 1 is 1.32 bits per heavy atom. The number of benzene rings is 1. The lowest BCUT2D eigenvalue weighted by atomic mass is 10.2. The molecule has 132 valence electrons. The molecule has 0 spiro atoms. The van der Waals surface area contributed by atoms with Gasteiger partial charge in [0.05, 0.1) is 5.69 Å². The Hall–Kier alpha value is -2.60. The van der Waals surface area contributed by atoms with Crippen LogP contribution in [-0.4, -0.2) is 28.3 Å². The van der Waals surface area contributed by atoms with Crippen LogP contribution in [0.2, 0.25) is 5.02 Å². The number of amides is 1. The van der Waals surface area contributed by atoms with Gasteiger partial charge in [-0.15, -0.1) is 0 Å². The van der Waals surface area contributed by atoms with E-state index in [0.29, 0.717) is 10.7 Å². The first-order valence-corrected chi connectivity index (χ1v) is 8.06. The van der Waals surface area contributed by atoms with Crippen LogP contribution in [-0.2, 0) is 21.4 Å². The van der Waals surface area contributed by atoms with E-state index in [2.05, 4.69) is 10.4 Å². The highest BCUT2D eigenvalue weighted by atomic mass is 35.5. The van der Waals surface area contributed by atoms with Gasteiger partial charge in [-0.05, 0) is 44.5 Å². The summed E-state index contributed by atoms with van der Waals surface area (Å²) < 4.78 is 6.68. The van der Waals surface area contributed by atoms with Crippen molar-refractivity contribution in [1.29, 1.82) is 0 Å². The largest absolute Gasteiger partial charge is 0.452 e. The molecule has 0 unspecified atom stereocenters. The fraction of sp³-hybridized carbons (Fsp3) is 0.278. The summed E-state index contributed by atoms with van der Waals surface area (Å²) in [5.41, 5.74) is 4.08. The Labute approximate surface area is 151 Å². The first-order valence-electron chi connectivity index (χ1n) is 7.69. The van der Waals surface area contributed by atoms with Crippen LogP contribution >= 0.6 is 11.6 Å². The molecule has 7 heteroatoms. The summed E-state index contributed by atoms with van der Waals surface area (Å²) in [7, 11) is 1.83. The molecule has 0 saturated heterocycles. The summed E-state index contributed by atoms with van der Waals surface area (Å²) in [5, 5.41) is 7.44. The molecule has 0 saturated carbocycles. The molecular weight excluding hydrogens is 342 g/mol. The third-order valence-corrected chi connectivity index (χ3v) is 4.16. The van der Waals surface area contributed by atoms with Gasteiger partial charge in [0.2, 0.25) is 0 Å². The average molecular weight is 362 g/mol. The Morgan fingerprint density at radius 2 is 2.04 bits per heavy atom. The summed E-state index contributed by atoms with van der Waals surface area (Å²) in [4.78, 5) is 23.6. The molecule has 1 aromatic carbocycles. The number of carbonyl (C=O) groups is 2. The third-order valence-electron chi connectivity index (χ3n) is 3.75. The van der Waals surface area contributed by atoms with Gasteiger partial charge in [-0.3, -0.25) is 9.48 Å². The number of aromatic nitrogens is 2. The topological polar surface area (TPSA) is 73.2 Å². The van der Waals surface area contributed by atoms with E-state index < -0.39 is 11.9 Å². The van der Waals surface area contributed by atoms with E-state index in [0.717, 1.165) is 22.5 Å². The lowest BCUT2D eigenvalue weighted by Crippen LogP contribution is -2.20. The van der Waals surface area contributed by atoms with Gasteiger partial charge >= 0.3 is 5.97 Å².